The molecule has 4 nitrogen and oxygen atoms in total. The molecule has 0 unspecified atom stereocenters. The number of nitrogens with one attached hydrogen (secondary N) is 1. The predicted octanol–water partition coefficient (Wildman–Crippen LogP) is 4.54. The zero-order valence-corrected chi connectivity index (χ0v) is 16.0. The molecule has 5 heteroatoms. The second kappa shape index (κ2) is 7.08. The van der Waals surface area contributed by atoms with Gasteiger partial charge in [0.05, 0.1) is 22.0 Å². The van der Waals surface area contributed by atoms with Gasteiger partial charge in [0, 0.05) is 17.0 Å². The summed E-state index contributed by atoms with van der Waals surface area (Å²) in [6.45, 7) is 4.94. The first-order chi connectivity index (χ1) is 12.7. The maximum Gasteiger partial charge on any atom is 0.261 e. The van der Waals surface area contributed by atoms with Gasteiger partial charge in [-0.3, -0.25) is 4.79 Å². The molecule has 4 rings (SSSR count). The third-order valence-electron chi connectivity index (χ3n) is 4.86. The van der Waals surface area contributed by atoms with Crippen LogP contribution in [0.1, 0.15) is 46.4 Å². The van der Waals surface area contributed by atoms with Gasteiger partial charge >= 0.3 is 0 Å². The highest BCUT2D eigenvalue weighted by atomic mass is 32.1. The third-order valence-corrected chi connectivity index (χ3v) is 6.06. The van der Waals surface area contributed by atoms with E-state index in [1.54, 1.807) is 11.3 Å². The van der Waals surface area contributed by atoms with E-state index < -0.39 is 0 Å². The number of nitrogens with zero attached hydrogens (tertiary/aromatic N) is 2. The molecule has 0 spiro atoms. The molecule has 2 heterocycles. The molecule has 0 saturated heterocycles. The monoisotopic (exact) mass is 365 g/mol. The summed E-state index contributed by atoms with van der Waals surface area (Å²) in [5.41, 5.74) is 5.87. The van der Waals surface area contributed by atoms with Crippen LogP contribution in [0.5, 0.6) is 0 Å². The van der Waals surface area contributed by atoms with Gasteiger partial charge in [-0.1, -0.05) is 31.5 Å². The summed E-state index contributed by atoms with van der Waals surface area (Å²) < 4.78 is 2.06. The second-order valence-electron chi connectivity index (χ2n) is 6.73. The number of aromatic nitrogens is 2. The molecule has 1 aromatic carbocycles. The molecule has 0 radical (unpaired) electrons. The number of hydrogen-bond acceptors (Lipinski definition) is 3. The summed E-state index contributed by atoms with van der Waals surface area (Å²) in [6.07, 6.45) is 4.01. The Hall–Kier alpha value is -2.40. The van der Waals surface area contributed by atoms with Gasteiger partial charge in [0.1, 0.15) is 0 Å². The van der Waals surface area contributed by atoms with Crippen molar-refractivity contribution in [3.05, 3.63) is 58.2 Å². The number of aryl methyl sites for hydroxylation is 2. The van der Waals surface area contributed by atoms with Gasteiger partial charge in [-0.25, -0.2) is 4.68 Å². The van der Waals surface area contributed by atoms with E-state index in [2.05, 4.69) is 42.0 Å². The fraction of sp³-hybridized carbons (Fsp3) is 0.333. The van der Waals surface area contributed by atoms with Crippen LogP contribution in [-0.2, 0) is 12.8 Å². The molecule has 1 aliphatic carbocycles. The molecule has 1 amide bonds. The van der Waals surface area contributed by atoms with Gasteiger partial charge in [0.2, 0.25) is 0 Å². The number of rotatable bonds is 5. The van der Waals surface area contributed by atoms with E-state index in [4.69, 9.17) is 5.10 Å². The van der Waals surface area contributed by atoms with Crippen molar-refractivity contribution >= 4 is 17.2 Å². The van der Waals surface area contributed by atoms with Crippen LogP contribution in [0.2, 0.25) is 0 Å². The smallest absolute Gasteiger partial charge is 0.261 e. The van der Waals surface area contributed by atoms with Crippen molar-refractivity contribution in [1.82, 2.24) is 15.1 Å². The van der Waals surface area contributed by atoms with Gasteiger partial charge in [-0.15, -0.1) is 11.3 Å². The molecule has 0 saturated carbocycles. The van der Waals surface area contributed by atoms with E-state index in [1.165, 1.54) is 21.7 Å². The molecule has 134 valence electrons. The summed E-state index contributed by atoms with van der Waals surface area (Å²) in [7, 11) is 0. The Bertz CT molecular complexity index is 940. The number of carbonyl (C=O) groups excluding carboxylic acids is 1. The SMILES string of the molecule is CCCCNC(=O)c1cc2c(s1)-c1c(C)nn(-c3ccccc3)c1CC2. The Morgan fingerprint density at radius 2 is 2.08 bits per heavy atom. The first-order valence-electron chi connectivity index (χ1n) is 9.24. The average molecular weight is 366 g/mol. The molecular weight excluding hydrogens is 342 g/mol. The molecular formula is C21H23N3OS. The van der Waals surface area contributed by atoms with Crippen LogP contribution >= 0.6 is 11.3 Å². The molecule has 1 N–H and O–H groups in total. The standard InChI is InChI=1S/C21H23N3OS/c1-3-4-12-22-21(25)18-13-15-10-11-17-19(20(15)26-18)14(2)23-24(17)16-8-6-5-7-9-16/h5-9,13H,3-4,10-12H2,1-2H3,(H,22,25). The van der Waals surface area contributed by atoms with Crippen molar-refractivity contribution in [2.75, 3.05) is 6.54 Å². The average Bonchev–Trinajstić information content (AvgIpc) is 3.23. The summed E-state index contributed by atoms with van der Waals surface area (Å²) in [5, 5.41) is 7.83. The molecule has 1 aliphatic rings. The van der Waals surface area contributed by atoms with Crippen LogP contribution in [0.4, 0.5) is 0 Å². The zero-order valence-electron chi connectivity index (χ0n) is 15.2. The first-order valence-corrected chi connectivity index (χ1v) is 10.1. The van der Waals surface area contributed by atoms with Crippen LogP contribution in [0, 0.1) is 6.92 Å². The van der Waals surface area contributed by atoms with Crippen molar-refractivity contribution in [3.63, 3.8) is 0 Å². The normalized spacial score (nSPS) is 12.5. The van der Waals surface area contributed by atoms with E-state index >= 15 is 0 Å². The van der Waals surface area contributed by atoms with Crippen LogP contribution in [0.15, 0.2) is 36.4 Å². The second-order valence-corrected chi connectivity index (χ2v) is 7.78. The lowest BCUT2D eigenvalue weighted by Gasteiger charge is -2.14. The Morgan fingerprint density at radius 3 is 2.85 bits per heavy atom. The first kappa shape index (κ1) is 17.0. The number of hydrogen-bond donors (Lipinski definition) is 1. The fourth-order valence-electron chi connectivity index (χ4n) is 3.54. The summed E-state index contributed by atoms with van der Waals surface area (Å²) in [5.74, 6) is 0.0486. The summed E-state index contributed by atoms with van der Waals surface area (Å²) in [4.78, 5) is 14.5. The van der Waals surface area contributed by atoms with E-state index in [9.17, 15) is 4.79 Å². The van der Waals surface area contributed by atoms with Crippen LogP contribution in [0.25, 0.3) is 16.1 Å². The Labute approximate surface area is 157 Å². The number of benzene rings is 1. The van der Waals surface area contributed by atoms with Gasteiger partial charge in [-0.2, -0.15) is 5.10 Å². The fourth-order valence-corrected chi connectivity index (χ4v) is 4.79. The minimum atomic E-state index is 0.0486. The van der Waals surface area contributed by atoms with Gasteiger partial charge < -0.3 is 5.32 Å². The van der Waals surface area contributed by atoms with Crippen LogP contribution in [0.3, 0.4) is 0 Å². The summed E-state index contributed by atoms with van der Waals surface area (Å²) >= 11 is 1.60. The lowest BCUT2D eigenvalue weighted by Crippen LogP contribution is -2.23. The van der Waals surface area contributed by atoms with Gasteiger partial charge in [-0.05, 0) is 49.9 Å². The highest BCUT2D eigenvalue weighted by Crippen LogP contribution is 2.42. The lowest BCUT2D eigenvalue weighted by atomic mass is 9.95. The van der Waals surface area contributed by atoms with Crippen molar-refractivity contribution in [2.45, 2.75) is 39.5 Å². The van der Waals surface area contributed by atoms with Crippen LogP contribution < -0.4 is 5.32 Å². The third kappa shape index (κ3) is 2.97. The Morgan fingerprint density at radius 1 is 1.27 bits per heavy atom. The molecule has 0 atom stereocenters. The minimum Gasteiger partial charge on any atom is -0.351 e. The van der Waals surface area contributed by atoms with E-state index in [1.807, 2.05) is 18.2 Å². The summed E-state index contributed by atoms with van der Waals surface area (Å²) in [6, 6.07) is 12.3. The quantitative estimate of drug-likeness (QED) is 0.675. The highest BCUT2D eigenvalue weighted by molar-refractivity contribution is 7.17. The number of carbonyl (C=O) groups is 1. The van der Waals surface area contributed by atoms with Gasteiger partial charge in [0.15, 0.2) is 0 Å². The van der Waals surface area contributed by atoms with Gasteiger partial charge in [0.25, 0.3) is 5.91 Å². The minimum absolute atomic E-state index is 0.0486. The topological polar surface area (TPSA) is 46.9 Å². The number of amides is 1. The lowest BCUT2D eigenvalue weighted by molar-refractivity contribution is 0.0957. The van der Waals surface area contributed by atoms with Crippen molar-refractivity contribution in [1.29, 1.82) is 0 Å². The Balaban J connectivity index is 1.70. The van der Waals surface area contributed by atoms with Crippen LogP contribution in [-0.4, -0.2) is 22.2 Å². The zero-order chi connectivity index (χ0) is 18.1. The predicted molar refractivity (Wildman–Crippen MR) is 106 cm³/mol. The van der Waals surface area contributed by atoms with E-state index in [0.717, 1.165) is 48.5 Å². The highest BCUT2D eigenvalue weighted by Gasteiger charge is 2.27. The van der Waals surface area contributed by atoms with E-state index in [-0.39, 0.29) is 5.91 Å². The molecule has 0 fully saturated rings. The number of thiophene rings is 1. The maximum atomic E-state index is 12.4. The van der Waals surface area contributed by atoms with Crippen molar-refractivity contribution in [3.8, 4) is 16.1 Å². The van der Waals surface area contributed by atoms with Crippen molar-refractivity contribution in [2.24, 2.45) is 0 Å². The Kier molecular flexibility index (Phi) is 4.64. The number of fused-ring (bicyclic) bond motifs is 3. The molecule has 2 aromatic heterocycles. The molecule has 26 heavy (non-hydrogen) atoms. The molecule has 0 bridgehead atoms. The largest absolute Gasteiger partial charge is 0.351 e. The molecule has 3 aromatic rings. The number of para-hydroxylation sites is 1. The van der Waals surface area contributed by atoms with Crippen molar-refractivity contribution < 1.29 is 4.79 Å². The maximum absolute atomic E-state index is 12.4. The number of unbranched alkanes of at least 4 members (excludes halogenated alkanes) is 1. The van der Waals surface area contributed by atoms with E-state index in [0.29, 0.717) is 0 Å². The molecule has 0 aliphatic heterocycles.